The van der Waals surface area contributed by atoms with Crippen LogP contribution in [0.1, 0.15) is 24.6 Å². The SMILES string of the molecule is CCn1nc(C)c2nc(N)n(CCCN(C)Cc3ccccc3)c21. The van der Waals surface area contributed by atoms with Gasteiger partial charge in [0, 0.05) is 19.6 Å². The standard InChI is InChI=1S/C18H26N6/c1-4-24-17-16(14(2)21-24)20-18(19)23(17)12-8-11-22(3)13-15-9-6-5-7-10-15/h5-7,9-10H,4,8,11-13H2,1-3H3,(H2,19,20). The van der Waals surface area contributed by atoms with Gasteiger partial charge in [-0.2, -0.15) is 5.10 Å². The van der Waals surface area contributed by atoms with Crippen molar-refractivity contribution in [2.24, 2.45) is 0 Å². The maximum atomic E-state index is 6.13. The summed E-state index contributed by atoms with van der Waals surface area (Å²) in [5.74, 6) is 0.582. The lowest BCUT2D eigenvalue weighted by atomic mass is 10.2. The minimum Gasteiger partial charge on any atom is -0.369 e. The third-order valence-electron chi connectivity index (χ3n) is 4.34. The summed E-state index contributed by atoms with van der Waals surface area (Å²) in [4.78, 5) is 6.83. The molecule has 6 heteroatoms. The molecule has 0 spiro atoms. The molecule has 0 aliphatic carbocycles. The van der Waals surface area contributed by atoms with E-state index in [1.165, 1.54) is 5.56 Å². The average Bonchev–Trinajstić information content (AvgIpc) is 3.06. The first kappa shape index (κ1) is 16.5. The van der Waals surface area contributed by atoms with Gasteiger partial charge in [0.15, 0.2) is 5.65 Å². The Hall–Kier alpha value is -2.34. The highest BCUT2D eigenvalue weighted by atomic mass is 15.4. The van der Waals surface area contributed by atoms with Crippen LogP contribution in [-0.4, -0.2) is 37.8 Å². The quantitative estimate of drug-likeness (QED) is 0.725. The van der Waals surface area contributed by atoms with Crippen molar-refractivity contribution < 1.29 is 0 Å². The number of hydrogen-bond donors (Lipinski definition) is 1. The molecule has 3 aromatic rings. The molecular formula is C18H26N6. The van der Waals surface area contributed by atoms with Gasteiger partial charge in [0.2, 0.25) is 5.95 Å². The first-order valence-corrected chi connectivity index (χ1v) is 8.51. The van der Waals surface area contributed by atoms with Crippen molar-refractivity contribution in [3.63, 3.8) is 0 Å². The fourth-order valence-electron chi connectivity index (χ4n) is 3.16. The minimum atomic E-state index is 0.582. The van der Waals surface area contributed by atoms with E-state index in [1.54, 1.807) is 0 Å². The number of anilines is 1. The Kier molecular flexibility index (Phi) is 4.85. The normalized spacial score (nSPS) is 11.7. The highest BCUT2D eigenvalue weighted by molar-refractivity contribution is 5.77. The van der Waals surface area contributed by atoms with E-state index in [-0.39, 0.29) is 0 Å². The Balaban J connectivity index is 1.64. The second-order valence-electron chi connectivity index (χ2n) is 6.27. The Morgan fingerprint density at radius 3 is 2.67 bits per heavy atom. The van der Waals surface area contributed by atoms with Crippen LogP contribution in [0.25, 0.3) is 11.2 Å². The Morgan fingerprint density at radius 1 is 1.21 bits per heavy atom. The first-order chi connectivity index (χ1) is 11.6. The summed E-state index contributed by atoms with van der Waals surface area (Å²) < 4.78 is 4.08. The molecule has 0 radical (unpaired) electrons. The van der Waals surface area contributed by atoms with E-state index in [0.29, 0.717) is 5.95 Å². The summed E-state index contributed by atoms with van der Waals surface area (Å²) in [7, 11) is 2.15. The predicted molar refractivity (Wildman–Crippen MR) is 97.7 cm³/mol. The van der Waals surface area contributed by atoms with Crippen LogP contribution in [-0.2, 0) is 19.6 Å². The zero-order valence-electron chi connectivity index (χ0n) is 14.7. The fraction of sp³-hybridized carbons (Fsp3) is 0.444. The molecule has 0 aliphatic heterocycles. The van der Waals surface area contributed by atoms with Crippen LogP contribution in [0.5, 0.6) is 0 Å². The van der Waals surface area contributed by atoms with Gasteiger partial charge in [-0.15, -0.1) is 0 Å². The zero-order chi connectivity index (χ0) is 17.1. The number of nitrogens with zero attached hydrogens (tertiary/aromatic N) is 5. The smallest absolute Gasteiger partial charge is 0.202 e. The van der Waals surface area contributed by atoms with Crippen molar-refractivity contribution in [3.05, 3.63) is 41.6 Å². The molecule has 2 heterocycles. The molecule has 2 N–H and O–H groups in total. The van der Waals surface area contributed by atoms with E-state index in [2.05, 4.69) is 63.9 Å². The maximum Gasteiger partial charge on any atom is 0.202 e. The Bertz CT molecular complexity index is 802. The van der Waals surface area contributed by atoms with Gasteiger partial charge < -0.3 is 10.6 Å². The first-order valence-electron chi connectivity index (χ1n) is 8.51. The monoisotopic (exact) mass is 326 g/mol. The van der Waals surface area contributed by atoms with Crippen LogP contribution in [0, 0.1) is 6.92 Å². The highest BCUT2D eigenvalue weighted by Crippen LogP contribution is 2.21. The summed E-state index contributed by atoms with van der Waals surface area (Å²) in [5.41, 5.74) is 10.4. The molecule has 0 aliphatic rings. The lowest BCUT2D eigenvalue weighted by molar-refractivity contribution is 0.315. The maximum absolute atomic E-state index is 6.13. The highest BCUT2D eigenvalue weighted by Gasteiger charge is 2.16. The second kappa shape index (κ2) is 7.05. The molecule has 128 valence electrons. The summed E-state index contributed by atoms with van der Waals surface area (Å²) >= 11 is 0. The van der Waals surface area contributed by atoms with Crippen molar-refractivity contribution in [2.75, 3.05) is 19.3 Å². The Morgan fingerprint density at radius 2 is 1.96 bits per heavy atom. The molecule has 6 nitrogen and oxygen atoms in total. The molecule has 0 amide bonds. The van der Waals surface area contributed by atoms with E-state index in [9.17, 15) is 0 Å². The van der Waals surface area contributed by atoms with Crippen molar-refractivity contribution in [3.8, 4) is 0 Å². The van der Waals surface area contributed by atoms with Gasteiger partial charge in [-0.1, -0.05) is 30.3 Å². The summed E-state index contributed by atoms with van der Waals surface area (Å²) in [6.07, 6.45) is 1.02. The largest absolute Gasteiger partial charge is 0.369 e. The molecule has 2 aromatic heterocycles. The van der Waals surface area contributed by atoms with Crippen molar-refractivity contribution >= 4 is 17.1 Å². The lowest BCUT2D eigenvalue weighted by Crippen LogP contribution is -2.21. The number of fused-ring (bicyclic) bond motifs is 1. The van der Waals surface area contributed by atoms with E-state index >= 15 is 0 Å². The molecular weight excluding hydrogens is 300 g/mol. The summed E-state index contributed by atoms with van der Waals surface area (Å²) in [5, 5.41) is 4.54. The van der Waals surface area contributed by atoms with E-state index in [1.807, 2.05) is 11.6 Å². The number of benzene rings is 1. The fourth-order valence-corrected chi connectivity index (χ4v) is 3.16. The number of nitrogen functional groups attached to an aromatic ring is 1. The summed E-state index contributed by atoms with van der Waals surface area (Å²) in [6.45, 7) is 7.72. The zero-order valence-corrected chi connectivity index (χ0v) is 14.7. The van der Waals surface area contributed by atoms with Gasteiger partial charge in [0.05, 0.1) is 5.69 Å². The third kappa shape index (κ3) is 3.28. The molecule has 1 aromatic carbocycles. The van der Waals surface area contributed by atoms with Crippen LogP contribution in [0.3, 0.4) is 0 Å². The number of aromatic nitrogens is 4. The van der Waals surface area contributed by atoms with Crippen LogP contribution < -0.4 is 5.73 Å². The van der Waals surface area contributed by atoms with Gasteiger partial charge in [-0.3, -0.25) is 4.57 Å². The van der Waals surface area contributed by atoms with Crippen molar-refractivity contribution in [1.29, 1.82) is 0 Å². The summed E-state index contributed by atoms with van der Waals surface area (Å²) in [6, 6.07) is 10.5. The number of hydrogen-bond acceptors (Lipinski definition) is 4. The van der Waals surface area contributed by atoms with Crippen LogP contribution >= 0.6 is 0 Å². The molecule has 0 saturated heterocycles. The molecule has 3 rings (SSSR count). The molecule has 0 bridgehead atoms. The molecule has 0 fully saturated rings. The topological polar surface area (TPSA) is 64.9 Å². The van der Waals surface area contributed by atoms with Crippen LogP contribution in [0.15, 0.2) is 30.3 Å². The lowest BCUT2D eigenvalue weighted by Gasteiger charge is -2.17. The second-order valence-corrected chi connectivity index (χ2v) is 6.27. The minimum absolute atomic E-state index is 0.582. The third-order valence-corrected chi connectivity index (χ3v) is 4.34. The average molecular weight is 326 g/mol. The van der Waals surface area contributed by atoms with E-state index < -0.39 is 0 Å². The Labute approximate surface area is 142 Å². The van der Waals surface area contributed by atoms with Crippen LogP contribution in [0.4, 0.5) is 5.95 Å². The van der Waals surface area contributed by atoms with Gasteiger partial charge in [-0.25, -0.2) is 9.67 Å². The van der Waals surface area contributed by atoms with Gasteiger partial charge in [-0.05, 0) is 39.4 Å². The van der Waals surface area contributed by atoms with Gasteiger partial charge >= 0.3 is 0 Å². The van der Waals surface area contributed by atoms with Gasteiger partial charge in [0.25, 0.3) is 0 Å². The molecule has 24 heavy (non-hydrogen) atoms. The molecule has 0 saturated carbocycles. The van der Waals surface area contributed by atoms with Crippen LogP contribution in [0.2, 0.25) is 0 Å². The number of aryl methyl sites for hydroxylation is 3. The van der Waals surface area contributed by atoms with E-state index in [4.69, 9.17) is 5.73 Å². The van der Waals surface area contributed by atoms with Crippen molar-refractivity contribution in [2.45, 2.75) is 39.9 Å². The predicted octanol–water partition coefficient (Wildman–Crippen LogP) is 2.67. The molecule has 0 atom stereocenters. The number of rotatable bonds is 7. The number of nitrogens with two attached hydrogens (primary N) is 1. The van der Waals surface area contributed by atoms with Crippen molar-refractivity contribution in [1.82, 2.24) is 24.2 Å². The molecule has 0 unspecified atom stereocenters. The van der Waals surface area contributed by atoms with E-state index in [0.717, 1.165) is 49.5 Å². The number of imidazole rings is 1. The van der Waals surface area contributed by atoms with Gasteiger partial charge in [0.1, 0.15) is 5.52 Å².